The Morgan fingerprint density at radius 1 is 0.319 bits per heavy atom. The van der Waals surface area contributed by atoms with E-state index >= 15 is 0 Å². The molecule has 0 amide bonds. The number of hydrogen-bond acceptors (Lipinski definition) is 2. The molecule has 0 radical (unpaired) electrons. The van der Waals surface area contributed by atoms with Crippen molar-refractivity contribution in [2.45, 2.75) is 19.3 Å². The third-order valence-electron chi connectivity index (χ3n) is 14.6. The first kappa shape index (κ1) is 40.5. The highest BCUT2D eigenvalue weighted by Crippen LogP contribution is 2.55. The predicted octanol–water partition coefficient (Wildman–Crippen LogP) is 18.7. The SMILES string of the molecule is CC1(C)c2ccccc2-c2ccc(N(c3cc(-c4ccccc4)cc(-c4ccccc4)c3)c3ccc4c5c(cccc35)-c3ccccc3N(c3ccc(-c5ccccc5)cc3)c3ccccc3-4)cc21. The minimum Gasteiger partial charge on any atom is -0.310 e. The Bertz CT molecular complexity index is 3630. The van der Waals surface area contributed by atoms with Crippen LogP contribution < -0.4 is 9.80 Å². The van der Waals surface area contributed by atoms with E-state index in [0.29, 0.717) is 0 Å². The van der Waals surface area contributed by atoms with Gasteiger partial charge >= 0.3 is 0 Å². The maximum absolute atomic E-state index is 2.53. The van der Waals surface area contributed by atoms with Gasteiger partial charge < -0.3 is 9.80 Å². The molecule has 0 N–H and O–H groups in total. The molecule has 1 aliphatic carbocycles. The summed E-state index contributed by atoms with van der Waals surface area (Å²) in [6, 6.07) is 94.0. The first-order valence-corrected chi connectivity index (χ1v) is 24.0. The number of rotatable bonds is 7. The summed E-state index contributed by atoms with van der Waals surface area (Å²) >= 11 is 0. The molecule has 0 fully saturated rings. The van der Waals surface area contributed by atoms with Gasteiger partial charge in [0.05, 0.1) is 17.1 Å². The van der Waals surface area contributed by atoms with Crippen LogP contribution in [0.4, 0.5) is 34.1 Å². The molecule has 13 rings (SSSR count). The Morgan fingerprint density at radius 3 is 1.42 bits per heavy atom. The molecule has 11 aromatic carbocycles. The molecular formula is C67H48N2. The molecule has 69 heavy (non-hydrogen) atoms. The minimum atomic E-state index is -0.175. The Morgan fingerprint density at radius 2 is 0.797 bits per heavy atom. The number of para-hydroxylation sites is 2. The van der Waals surface area contributed by atoms with Crippen molar-refractivity contribution >= 4 is 44.9 Å². The highest BCUT2D eigenvalue weighted by Gasteiger charge is 2.36. The van der Waals surface area contributed by atoms with Gasteiger partial charge in [0.2, 0.25) is 0 Å². The minimum absolute atomic E-state index is 0.175. The van der Waals surface area contributed by atoms with Crippen LogP contribution in [0.3, 0.4) is 0 Å². The van der Waals surface area contributed by atoms with E-state index in [1.54, 1.807) is 0 Å². The molecule has 1 heterocycles. The summed E-state index contributed by atoms with van der Waals surface area (Å²) in [6.45, 7) is 4.75. The van der Waals surface area contributed by atoms with Crippen molar-refractivity contribution in [3.05, 3.63) is 266 Å². The van der Waals surface area contributed by atoms with E-state index in [9.17, 15) is 0 Å². The lowest BCUT2D eigenvalue weighted by atomic mass is 9.82. The molecule has 2 nitrogen and oxygen atoms in total. The summed E-state index contributed by atoms with van der Waals surface area (Å²) in [4.78, 5) is 4.98. The van der Waals surface area contributed by atoms with E-state index in [1.165, 1.54) is 88.7 Å². The van der Waals surface area contributed by atoms with Crippen molar-refractivity contribution in [1.82, 2.24) is 0 Å². The number of hydrogen-bond donors (Lipinski definition) is 0. The first-order chi connectivity index (χ1) is 34.0. The molecule has 2 heteroatoms. The average molecular weight is 881 g/mol. The summed E-state index contributed by atoms with van der Waals surface area (Å²) in [5.41, 5.74) is 23.8. The Kier molecular flexibility index (Phi) is 9.55. The van der Waals surface area contributed by atoms with Crippen LogP contribution >= 0.6 is 0 Å². The second-order valence-electron chi connectivity index (χ2n) is 18.9. The van der Waals surface area contributed by atoms with Crippen LogP contribution in [0.2, 0.25) is 0 Å². The molecule has 0 bridgehead atoms. The van der Waals surface area contributed by atoms with Crippen molar-refractivity contribution in [2.75, 3.05) is 9.80 Å². The molecule has 2 aliphatic rings. The highest BCUT2D eigenvalue weighted by atomic mass is 15.2. The summed E-state index contributed by atoms with van der Waals surface area (Å²) in [6.07, 6.45) is 0. The maximum Gasteiger partial charge on any atom is 0.0540 e. The molecule has 0 saturated heterocycles. The zero-order chi connectivity index (χ0) is 46.1. The van der Waals surface area contributed by atoms with E-state index in [0.717, 1.165) is 34.1 Å². The van der Waals surface area contributed by atoms with Crippen LogP contribution in [0, 0.1) is 0 Å². The van der Waals surface area contributed by atoms with Crippen LogP contribution in [0.1, 0.15) is 25.0 Å². The van der Waals surface area contributed by atoms with Gasteiger partial charge in [-0.05, 0) is 133 Å². The number of benzene rings is 11. The van der Waals surface area contributed by atoms with Crippen molar-refractivity contribution in [2.24, 2.45) is 0 Å². The van der Waals surface area contributed by atoms with Gasteiger partial charge in [-0.1, -0.05) is 208 Å². The topological polar surface area (TPSA) is 6.48 Å². The molecule has 326 valence electrons. The van der Waals surface area contributed by atoms with Crippen LogP contribution in [-0.2, 0) is 5.41 Å². The van der Waals surface area contributed by atoms with Gasteiger partial charge in [-0.2, -0.15) is 0 Å². The number of anilines is 6. The maximum atomic E-state index is 2.53. The summed E-state index contributed by atoms with van der Waals surface area (Å²) in [5.74, 6) is 0. The lowest BCUT2D eigenvalue weighted by Crippen LogP contribution is -2.17. The Labute approximate surface area is 404 Å². The second kappa shape index (κ2) is 16.3. The monoisotopic (exact) mass is 880 g/mol. The van der Waals surface area contributed by atoms with Crippen LogP contribution in [0.5, 0.6) is 0 Å². The first-order valence-electron chi connectivity index (χ1n) is 24.0. The molecule has 11 aromatic rings. The zero-order valence-corrected chi connectivity index (χ0v) is 38.6. The van der Waals surface area contributed by atoms with Crippen molar-refractivity contribution in [3.63, 3.8) is 0 Å². The van der Waals surface area contributed by atoms with E-state index < -0.39 is 0 Å². The summed E-state index contributed by atoms with van der Waals surface area (Å²) in [7, 11) is 0. The quantitative estimate of drug-likeness (QED) is 0.157. The molecule has 0 atom stereocenters. The average Bonchev–Trinajstić information content (AvgIpc) is 3.64. The van der Waals surface area contributed by atoms with Crippen molar-refractivity contribution in [1.29, 1.82) is 0 Å². The standard InChI is InChI=1S/C67H48N2/c1-67(2)61-30-15-12-25-54(61)55-38-37-52(44-62(55)67)68(53-42-49(46-21-8-4-9-22-46)41-50(43-53)47-23-10-5-11-24-47)65-40-39-59-57-27-14-17-32-64(57)69(51-35-33-48(34-36-51)45-19-6-3-7-20-45)63-31-16-13-26-56(63)58-28-18-29-60(65)66(58)59/h3-44H,1-2H3. The fourth-order valence-electron chi connectivity index (χ4n) is 11.3. The lowest BCUT2D eigenvalue weighted by Gasteiger charge is -2.34. The second-order valence-corrected chi connectivity index (χ2v) is 18.9. The molecule has 0 aromatic heterocycles. The van der Waals surface area contributed by atoms with Crippen LogP contribution in [-0.4, -0.2) is 0 Å². The third-order valence-corrected chi connectivity index (χ3v) is 14.6. The third kappa shape index (κ3) is 6.71. The summed E-state index contributed by atoms with van der Waals surface area (Å²) in [5, 5.41) is 2.42. The van der Waals surface area contributed by atoms with E-state index in [2.05, 4.69) is 278 Å². The Hall–Kier alpha value is -8.72. The van der Waals surface area contributed by atoms with Gasteiger partial charge in [-0.15, -0.1) is 0 Å². The predicted molar refractivity (Wildman–Crippen MR) is 292 cm³/mol. The fourth-order valence-corrected chi connectivity index (χ4v) is 11.3. The molecule has 0 spiro atoms. The van der Waals surface area contributed by atoms with Gasteiger partial charge in [-0.25, -0.2) is 0 Å². The molecule has 0 unspecified atom stereocenters. The van der Waals surface area contributed by atoms with Gasteiger partial charge in [-0.3, -0.25) is 0 Å². The van der Waals surface area contributed by atoms with E-state index in [-0.39, 0.29) is 5.41 Å². The van der Waals surface area contributed by atoms with Crippen molar-refractivity contribution in [3.8, 4) is 66.8 Å². The van der Waals surface area contributed by atoms with Gasteiger partial charge in [0, 0.05) is 39.0 Å². The highest BCUT2D eigenvalue weighted by molar-refractivity contribution is 6.17. The van der Waals surface area contributed by atoms with E-state index in [4.69, 9.17) is 0 Å². The summed E-state index contributed by atoms with van der Waals surface area (Å²) < 4.78 is 0. The van der Waals surface area contributed by atoms with E-state index in [1.807, 2.05) is 0 Å². The smallest absolute Gasteiger partial charge is 0.0540 e. The van der Waals surface area contributed by atoms with Crippen LogP contribution in [0.15, 0.2) is 255 Å². The lowest BCUT2D eigenvalue weighted by molar-refractivity contribution is 0.660. The van der Waals surface area contributed by atoms with Crippen LogP contribution in [0.25, 0.3) is 77.5 Å². The normalized spacial score (nSPS) is 12.9. The molecule has 0 saturated carbocycles. The van der Waals surface area contributed by atoms with Gasteiger partial charge in [0.15, 0.2) is 0 Å². The number of fused-ring (bicyclic) bond motifs is 7. The largest absolute Gasteiger partial charge is 0.310 e. The Balaban J connectivity index is 1.07. The zero-order valence-electron chi connectivity index (χ0n) is 38.6. The fraction of sp³-hybridized carbons (Fsp3) is 0.0448. The van der Waals surface area contributed by atoms with Gasteiger partial charge in [0.25, 0.3) is 0 Å². The molecular weight excluding hydrogens is 833 g/mol. The molecule has 1 aliphatic heterocycles. The van der Waals surface area contributed by atoms with Gasteiger partial charge in [0.1, 0.15) is 0 Å². The number of nitrogens with zero attached hydrogens (tertiary/aromatic N) is 2. The van der Waals surface area contributed by atoms with Crippen molar-refractivity contribution < 1.29 is 0 Å².